The summed E-state index contributed by atoms with van der Waals surface area (Å²) in [6.45, 7) is 7.65. The summed E-state index contributed by atoms with van der Waals surface area (Å²) in [5.41, 5.74) is 0. The zero-order valence-electron chi connectivity index (χ0n) is 15.5. The van der Waals surface area contributed by atoms with Crippen LogP contribution in [0.3, 0.4) is 0 Å². The number of halogens is 1. The van der Waals surface area contributed by atoms with Gasteiger partial charge in [-0.1, -0.05) is 25.8 Å². The second-order valence-electron chi connectivity index (χ2n) is 7.21. The second-order valence-corrected chi connectivity index (χ2v) is 8.24. The fourth-order valence-electron chi connectivity index (χ4n) is 4.40. The predicted molar refractivity (Wildman–Crippen MR) is 107 cm³/mol. The Morgan fingerprint density at radius 2 is 1.96 bits per heavy atom. The van der Waals surface area contributed by atoms with Crippen molar-refractivity contribution < 1.29 is 0 Å². The van der Waals surface area contributed by atoms with Crippen molar-refractivity contribution in [3.63, 3.8) is 0 Å². The molecule has 2 aromatic rings. The molecule has 1 aliphatic heterocycles. The van der Waals surface area contributed by atoms with Gasteiger partial charge in [0.15, 0.2) is 5.82 Å². The first-order chi connectivity index (χ1) is 12.3. The first-order valence-corrected chi connectivity index (χ1v) is 10.5. The standard InChI is InChI=1S/C18H28N6S.ClH/c1-2-17(18-19-20-21-24(18)14-16-8-5-13-25-16)23-11-9-22(10-12-23)15-6-3-4-7-15;/h5,8,13,15,17H,2-4,6-7,9-12,14H2,1H3;1H. The third kappa shape index (κ3) is 4.27. The number of hydrogen-bond donors (Lipinski definition) is 0. The van der Waals surface area contributed by atoms with Crippen LogP contribution in [0.15, 0.2) is 17.5 Å². The molecule has 3 heterocycles. The zero-order chi connectivity index (χ0) is 17.1. The van der Waals surface area contributed by atoms with Crippen LogP contribution >= 0.6 is 23.7 Å². The van der Waals surface area contributed by atoms with Crippen LogP contribution in [0.2, 0.25) is 0 Å². The highest BCUT2D eigenvalue weighted by molar-refractivity contribution is 7.09. The van der Waals surface area contributed by atoms with E-state index in [1.54, 1.807) is 11.3 Å². The molecule has 1 aliphatic carbocycles. The van der Waals surface area contributed by atoms with Crippen LogP contribution in [0.4, 0.5) is 0 Å². The molecule has 8 heteroatoms. The molecule has 2 fully saturated rings. The minimum absolute atomic E-state index is 0. The van der Waals surface area contributed by atoms with Gasteiger partial charge in [-0.3, -0.25) is 9.80 Å². The number of tetrazole rings is 1. The van der Waals surface area contributed by atoms with Crippen molar-refractivity contribution in [2.45, 2.75) is 57.7 Å². The molecule has 4 rings (SSSR count). The molecule has 6 nitrogen and oxygen atoms in total. The minimum atomic E-state index is 0. The molecule has 0 radical (unpaired) electrons. The van der Waals surface area contributed by atoms with Crippen LogP contribution in [0, 0.1) is 0 Å². The van der Waals surface area contributed by atoms with Crippen LogP contribution < -0.4 is 0 Å². The summed E-state index contributed by atoms with van der Waals surface area (Å²) in [6.07, 6.45) is 6.68. The maximum absolute atomic E-state index is 4.39. The minimum Gasteiger partial charge on any atom is -0.298 e. The van der Waals surface area contributed by atoms with Crippen molar-refractivity contribution >= 4 is 23.7 Å². The molecule has 0 spiro atoms. The molecule has 0 aromatic carbocycles. The van der Waals surface area contributed by atoms with Gasteiger partial charge in [-0.15, -0.1) is 28.8 Å². The van der Waals surface area contributed by atoms with Gasteiger partial charge >= 0.3 is 0 Å². The summed E-state index contributed by atoms with van der Waals surface area (Å²) >= 11 is 1.76. The average Bonchev–Trinajstić information content (AvgIpc) is 3.40. The number of nitrogens with zero attached hydrogens (tertiary/aromatic N) is 6. The number of hydrogen-bond acceptors (Lipinski definition) is 6. The molecule has 2 aliphatic rings. The lowest BCUT2D eigenvalue weighted by Crippen LogP contribution is -2.50. The molecule has 144 valence electrons. The van der Waals surface area contributed by atoms with E-state index < -0.39 is 0 Å². The Morgan fingerprint density at radius 1 is 1.19 bits per heavy atom. The van der Waals surface area contributed by atoms with Gasteiger partial charge < -0.3 is 0 Å². The first kappa shape index (κ1) is 19.7. The Balaban J connectivity index is 0.00000196. The lowest BCUT2D eigenvalue weighted by atomic mass is 10.1. The molecular formula is C18H29ClN6S. The summed E-state index contributed by atoms with van der Waals surface area (Å²) in [5, 5.41) is 14.7. The molecule has 1 atom stereocenters. The summed E-state index contributed by atoms with van der Waals surface area (Å²) in [5.74, 6) is 1.02. The smallest absolute Gasteiger partial charge is 0.168 e. The molecule has 1 saturated carbocycles. The van der Waals surface area contributed by atoms with E-state index in [-0.39, 0.29) is 12.4 Å². The van der Waals surface area contributed by atoms with Crippen LogP contribution in [0.25, 0.3) is 0 Å². The summed E-state index contributed by atoms with van der Waals surface area (Å²) in [7, 11) is 0. The predicted octanol–water partition coefficient (Wildman–Crippen LogP) is 3.22. The summed E-state index contributed by atoms with van der Waals surface area (Å²) < 4.78 is 1.99. The van der Waals surface area contributed by atoms with E-state index in [1.807, 2.05) is 4.68 Å². The van der Waals surface area contributed by atoms with Gasteiger partial charge in [-0.25, -0.2) is 4.68 Å². The molecule has 1 saturated heterocycles. The van der Waals surface area contributed by atoms with E-state index in [1.165, 1.54) is 43.6 Å². The molecule has 0 amide bonds. The summed E-state index contributed by atoms with van der Waals surface area (Å²) in [4.78, 5) is 6.60. The molecule has 1 unspecified atom stereocenters. The third-order valence-corrected chi connectivity index (χ3v) is 6.62. The van der Waals surface area contributed by atoms with Gasteiger partial charge in [-0.2, -0.15) is 0 Å². The highest BCUT2D eigenvalue weighted by atomic mass is 35.5. The topological polar surface area (TPSA) is 50.1 Å². The molecular weight excluding hydrogens is 368 g/mol. The van der Waals surface area contributed by atoms with E-state index in [2.05, 4.69) is 49.8 Å². The number of thiophene rings is 1. The fourth-order valence-corrected chi connectivity index (χ4v) is 5.09. The monoisotopic (exact) mass is 396 g/mol. The van der Waals surface area contributed by atoms with Crippen molar-refractivity contribution in [3.8, 4) is 0 Å². The Hall–Kier alpha value is -1.02. The van der Waals surface area contributed by atoms with Crippen LogP contribution in [-0.2, 0) is 6.54 Å². The number of aromatic nitrogens is 4. The second kappa shape index (κ2) is 9.26. The molecule has 26 heavy (non-hydrogen) atoms. The molecule has 2 aromatic heterocycles. The third-order valence-electron chi connectivity index (χ3n) is 5.76. The van der Waals surface area contributed by atoms with Crippen molar-refractivity contribution in [1.29, 1.82) is 0 Å². The van der Waals surface area contributed by atoms with Gasteiger partial charge in [0.25, 0.3) is 0 Å². The average molecular weight is 397 g/mol. The fraction of sp³-hybridized carbons (Fsp3) is 0.722. The van der Waals surface area contributed by atoms with E-state index in [0.29, 0.717) is 6.04 Å². The van der Waals surface area contributed by atoms with Crippen molar-refractivity contribution in [2.75, 3.05) is 26.2 Å². The van der Waals surface area contributed by atoms with Crippen molar-refractivity contribution in [1.82, 2.24) is 30.0 Å². The quantitative estimate of drug-likeness (QED) is 0.750. The lowest BCUT2D eigenvalue weighted by molar-refractivity contribution is 0.0646. The van der Waals surface area contributed by atoms with Gasteiger partial charge in [-0.05, 0) is 41.1 Å². The van der Waals surface area contributed by atoms with Crippen molar-refractivity contribution in [3.05, 3.63) is 28.2 Å². The highest BCUT2D eigenvalue weighted by Gasteiger charge is 2.31. The van der Waals surface area contributed by atoms with Gasteiger partial charge in [0.05, 0.1) is 12.6 Å². The maximum atomic E-state index is 4.39. The SMILES string of the molecule is CCC(c1nnnn1Cc1cccs1)N1CCN(C2CCCC2)CC1.Cl. The lowest BCUT2D eigenvalue weighted by Gasteiger charge is -2.40. The van der Waals surface area contributed by atoms with Gasteiger partial charge in [0.1, 0.15) is 0 Å². The van der Waals surface area contributed by atoms with Crippen LogP contribution in [-0.4, -0.2) is 62.2 Å². The largest absolute Gasteiger partial charge is 0.298 e. The van der Waals surface area contributed by atoms with Crippen LogP contribution in [0.5, 0.6) is 0 Å². The summed E-state index contributed by atoms with van der Waals surface area (Å²) in [6, 6.07) is 5.40. The Bertz CT molecular complexity index is 646. The Labute approximate surface area is 166 Å². The van der Waals surface area contributed by atoms with Gasteiger partial charge in [0.2, 0.25) is 0 Å². The molecule has 0 bridgehead atoms. The number of rotatable bonds is 6. The van der Waals surface area contributed by atoms with Crippen molar-refractivity contribution in [2.24, 2.45) is 0 Å². The first-order valence-electron chi connectivity index (χ1n) is 9.61. The molecule has 0 N–H and O–H groups in total. The zero-order valence-corrected chi connectivity index (χ0v) is 17.1. The van der Waals surface area contributed by atoms with E-state index >= 15 is 0 Å². The Morgan fingerprint density at radius 3 is 2.62 bits per heavy atom. The van der Waals surface area contributed by atoms with E-state index in [9.17, 15) is 0 Å². The van der Waals surface area contributed by atoms with Crippen LogP contribution in [0.1, 0.15) is 55.8 Å². The van der Waals surface area contributed by atoms with E-state index in [0.717, 1.165) is 37.9 Å². The number of piperazine rings is 1. The van der Waals surface area contributed by atoms with E-state index in [4.69, 9.17) is 0 Å². The van der Waals surface area contributed by atoms with Gasteiger partial charge in [0, 0.05) is 37.1 Å². The Kier molecular flexibility index (Phi) is 7.03. The normalized spacial score (nSPS) is 21.0. The maximum Gasteiger partial charge on any atom is 0.168 e. The highest BCUT2D eigenvalue weighted by Crippen LogP contribution is 2.28.